The predicted molar refractivity (Wildman–Crippen MR) is 97.6 cm³/mol. The fourth-order valence-corrected chi connectivity index (χ4v) is 1.76. The van der Waals surface area contributed by atoms with Crippen LogP contribution in [0.25, 0.3) is 0 Å². The van der Waals surface area contributed by atoms with Crippen LogP contribution < -0.4 is 5.32 Å². The first kappa shape index (κ1) is 20.2. The van der Waals surface area contributed by atoms with E-state index < -0.39 is 17.1 Å². The molecule has 132 valence electrons. The molecule has 0 aliphatic carbocycles. The summed E-state index contributed by atoms with van der Waals surface area (Å²) in [6.07, 6.45) is 12.7. The maximum atomic E-state index is 11.5. The monoisotopic (exact) mass is 361 g/mol. The number of imide groups is 1. The summed E-state index contributed by atoms with van der Waals surface area (Å²) >= 11 is 3.47. The highest BCUT2D eigenvalue weighted by Crippen LogP contribution is 2.15. The van der Waals surface area contributed by atoms with Gasteiger partial charge in [0.15, 0.2) is 0 Å². The molecule has 0 bridgehead atoms. The van der Waals surface area contributed by atoms with Gasteiger partial charge in [0.1, 0.15) is 5.76 Å². The Bertz CT molecular complexity index is 698. The molecule has 0 saturated heterocycles. The van der Waals surface area contributed by atoms with E-state index in [2.05, 4.69) is 19.2 Å². The number of ether oxygens (including phenoxy) is 2. The number of hydrogen-bond acceptors (Lipinski definition) is 5. The second-order valence-electron chi connectivity index (χ2n) is 4.73. The average molecular weight is 361 g/mol. The van der Waals surface area contributed by atoms with Crippen LogP contribution in [0.3, 0.4) is 0 Å². The summed E-state index contributed by atoms with van der Waals surface area (Å²) in [5, 5.41) is 1.29. The second-order valence-corrected chi connectivity index (χ2v) is 5.14. The van der Waals surface area contributed by atoms with Crippen LogP contribution in [0.1, 0.15) is 13.3 Å². The SMILES string of the molecule is C=C1\C=C/C(/C=C/C(=O)NC(=O)S)=C\CC(/C=C/C(=O)OCC)=C\O1. The lowest BCUT2D eigenvalue weighted by Crippen LogP contribution is -2.23. The van der Waals surface area contributed by atoms with E-state index in [0.29, 0.717) is 29.9 Å². The normalized spacial score (nSPS) is 20.3. The van der Waals surface area contributed by atoms with Crippen LogP contribution >= 0.6 is 12.6 Å². The maximum absolute atomic E-state index is 11.5. The number of esters is 1. The van der Waals surface area contributed by atoms with Gasteiger partial charge in [-0.1, -0.05) is 31.4 Å². The van der Waals surface area contributed by atoms with Crippen LogP contribution in [-0.4, -0.2) is 23.7 Å². The summed E-state index contributed by atoms with van der Waals surface area (Å²) in [4.78, 5) is 33.5. The molecule has 6 nitrogen and oxygen atoms in total. The molecule has 0 fully saturated rings. The Kier molecular flexibility index (Phi) is 8.81. The quantitative estimate of drug-likeness (QED) is 0.447. The van der Waals surface area contributed by atoms with E-state index in [1.807, 2.05) is 11.4 Å². The lowest BCUT2D eigenvalue weighted by Gasteiger charge is -2.01. The van der Waals surface area contributed by atoms with Gasteiger partial charge in [0.2, 0.25) is 0 Å². The van der Waals surface area contributed by atoms with Gasteiger partial charge in [0, 0.05) is 12.2 Å². The van der Waals surface area contributed by atoms with Crippen molar-refractivity contribution >= 4 is 29.7 Å². The molecule has 0 atom stereocenters. The van der Waals surface area contributed by atoms with E-state index in [1.165, 1.54) is 24.5 Å². The molecule has 1 N–H and O–H groups in total. The molecule has 0 unspecified atom stereocenters. The van der Waals surface area contributed by atoms with Gasteiger partial charge in [-0.3, -0.25) is 14.9 Å². The molecule has 25 heavy (non-hydrogen) atoms. The molecule has 0 aromatic carbocycles. The highest BCUT2D eigenvalue weighted by Gasteiger charge is 2.02. The molecule has 0 radical (unpaired) electrons. The minimum absolute atomic E-state index is 0.297. The molecule has 0 saturated carbocycles. The fraction of sp³-hybridized carbons (Fsp3) is 0.167. The third-order valence-electron chi connectivity index (χ3n) is 2.77. The summed E-state index contributed by atoms with van der Waals surface area (Å²) in [5.74, 6) is -0.641. The minimum atomic E-state index is -0.732. The van der Waals surface area contributed by atoms with Crippen LogP contribution in [0.5, 0.6) is 0 Å². The molecule has 0 spiro atoms. The summed E-state index contributed by atoms with van der Waals surface area (Å²) in [6.45, 7) is 5.75. The number of rotatable bonds is 5. The molecule has 1 rings (SSSR count). The number of amides is 2. The second kappa shape index (κ2) is 10.9. The molecule has 7 heteroatoms. The predicted octanol–water partition coefficient (Wildman–Crippen LogP) is 3.13. The van der Waals surface area contributed by atoms with E-state index in [0.717, 1.165) is 0 Å². The Balaban J connectivity index is 2.88. The van der Waals surface area contributed by atoms with Crippen LogP contribution in [0.15, 0.2) is 72.3 Å². The Morgan fingerprint density at radius 2 is 2.08 bits per heavy atom. The van der Waals surface area contributed by atoms with E-state index >= 15 is 0 Å². The van der Waals surface area contributed by atoms with Crippen molar-refractivity contribution in [3.8, 4) is 0 Å². The fourth-order valence-electron chi connectivity index (χ4n) is 1.65. The van der Waals surface area contributed by atoms with Crippen LogP contribution in [0.2, 0.25) is 0 Å². The zero-order chi connectivity index (χ0) is 18.7. The largest absolute Gasteiger partial charge is 0.465 e. The molecule has 1 aliphatic rings. The molecule has 0 aromatic rings. The van der Waals surface area contributed by atoms with Crippen molar-refractivity contribution in [2.45, 2.75) is 13.3 Å². The van der Waals surface area contributed by atoms with Gasteiger partial charge < -0.3 is 9.47 Å². The van der Waals surface area contributed by atoms with Gasteiger partial charge in [0.05, 0.1) is 12.9 Å². The van der Waals surface area contributed by atoms with Gasteiger partial charge >= 0.3 is 5.97 Å². The molecular formula is C18H19NO5S. The van der Waals surface area contributed by atoms with Gasteiger partial charge in [0.25, 0.3) is 11.1 Å². The highest BCUT2D eigenvalue weighted by molar-refractivity contribution is 7.96. The average Bonchev–Trinajstić information content (AvgIpc) is 2.62. The smallest absolute Gasteiger partial charge is 0.330 e. The number of carbonyl (C=O) groups is 3. The van der Waals surface area contributed by atoms with Gasteiger partial charge in [-0.25, -0.2) is 4.79 Å². The molecule has 1 aliphatic heterocycles. The molecule has 0 aromatic heterocycles. The number of thiol groups is 1. The van der Waals surface area contributed by atoms with E-state index in [-0.39, 0.29) is 0 Å². The molecule has 2 amide bonds. The first-order valence-corrected chi connectivity index (χ1v) is 7.85. The van der Waals surface area contributed by atoms with Gasteiger partial charge in [-0.05, 0) is 42.7 Å². The number of allylic oxidation sites excluding steroid dienone is 7. The van der Waals surface area contributed by atoms with Crippen LogP contribution in [-0.2, 0) is 19.1 Å². The van der Waals surface area contributed by atoms with Crippen molar-refractivity contribution < 1.29 is 23.9 Å². The summed E-state index contributed by atoms with van der Waals surface area (Å²) in [6, 6.07) is 0. The Morgan fingerprint density at radius 1 is 1.32 bits per heavy atom. The lowest BCUT2D eigenvalue weighted by molar-refractivity contribution is -0.137. The van der Waals surface area contributed by atoms with E-state index in [9.17, 15) is 14.4 Å². The van der Waals surface area contributed by atoms with Crippen molar-refractivity contribution in [3.05, 3.63) is 72.3 Å². The third kappa shape index (κ3) is 9.17. The van der Waals surface area contributed by atoms with Crippen LogP contribution in [0, 0.1) is 0 Å². The van der Waals surface area contributed by atoms with Crippen molar-refractivity contribution in [2.24, 2.45) is 0 Å². The molecule has 1 heterocycles. The van der Waals surface area contributed by atoms with Crippen molar-refractivity contribution in [1.82, 2.24) is 5.32 Å². The van der Waals surface area contributed by atoms with Crippen LogP contribution in [0.4, 0.5) is 4.79 Å². The lowest BCUT2D eigenvalue weighted by atomic mass is 10.1. The van der Waals surface area contributed by atoms with E-state index in [1.54, 1.807) is 25.2 Å². The minimum Gasteiger partial charge on any atom is -0.465 e. The third-order valence-corrected chi connectivity index (χ3v) is 2.89. The number of carbonyl (C=O) groups excluding carboxylic acids is 3. The summed E-state index contributed by atoms with van der Waals surface area (Å²) in [7, 11) is 0. The maximum Gasteiger partial charge on any atom is 0.330 e. The zero-order valence-electron chi connectivity index (χ0n) is 13.7. The topological polar surface area (TPSA) is 81.7 Å². The van der Waals surface area contributed by atoms with E-state index in [4.69, 9.17) is 9.47 Å². The molecular weight excluding hydrogens is 342 g/mol. The standard InChI is InChI=1S/C18H19NO5S/c1-3-23-17(21)11-9-15-7-6-14(5-4-13(2)24-12-15)8-10-16(20)19-18(22)25/h4-6,8-12H,2-3,7H2,1H3,(H2,19,20,22,25)/b5-4-,10-8+,11-9+,14-6+,15-12+. The first-order valence-electron chi connectivity index (χ1n) is 7.40. The van der Waals surface area contributed by atoms with Crippen molar-refractivity contribution in [3.63, 3.8) is 0 Å². The van der Waals surface area contributed by atoms with Crippen molar-refractivity contribution in [2.75, 3.05) is 6.61 Å². The number of hydrogen-bond donors (Lipinski definition) is 2. The van der Waals surface area contributed by atoms with Gasteiger partial charge in [-0.15, -0.1) is 0 Å². The summed E-state index contributed by atoms with van der Waals surface area (Å²) in [5.41, 5.74) is 1.41. The Labute approximate surface area is 151 Å². The van der Waals surface area contributed by atoms with Gasteiger partial charge in [-0.2, -0.15) is 0 Å². The highest BCUT2D eigenvalue weighted by atomic mass is 32.1. The Hall–Kier alpha value is -2.80. The zero-order valence-corrected chi connectivity index (χ0v) is 14.6. The van der Waals surface area contributed by atoms with Crippen molar-refractivity contribution in [1.29, 1.82) is 0 Å². The summed E-state index contributed by atoms with van der Waals surface area (Å²) < 4.78 is 10.2. The number of nitrogens with one attached hydrogen (secondary N) is 1. The first-order chi connectivity index (χ1) is 11.9. The Morgan fingerprint density at radius 3 is 2.76 bits per heavy atom.